The average molecular weight is 628 g/mol. The topological polar surface area (TPSA) is 62.3 Å². The molecule has 2 heterocycles. The summed E-state index contributed by atoms with van der Waals surface area (Å²) in [6, 6.07) is 34.7. The van der Waals surface area contributed by atoms with Gasteiger partial charge in [0.05, 0.1) is 35.8 Å². The largest absolute Gasteiger partial charge is 0.380 e. The number of aryl methyl sites for hydroxylation is 2. The highest BCUT2D eigenvalue weighted by Crippen LogP contribution is 2.47. The Hall–Kier alpha value is -4.98. The summed E-state index contributed by atoms with van der Waals surface area (Å²) in [5.41, 5.74) is 9.16. The van der Waals surface area contributed by atoms with Gasteiger partial charge in [0.2, 0.25) is 0 Å². The number of benzene rings is 4. The van der Waals surface area contributed by atoms with E-state index in [1.54, 1.807) is 9.80 Å². The predicted molar refractivity (Wildman–Crippen MR) is 187 cm³/mol. The van der Waals surface area contributed by atoms with Gasteiger partial charge in [0.1, 0.15) is 0 Å². The average Bonchev–Trinajstić information content (AvgIpc) is 3.54. The number of carbonyl (C=O) groups is 2. The fourth-order valence-electron chi connectivity index (χ4n) is 6.22. The van der Waals surface area contributed by atoms with Crippen molar-refractivity contribution in [3.8, 4) is 0 Å². The van der Waals surface area contributed by atoms with Crippen LogP contribution in [0.3, 0.4) is 0 Å². The maximum Gasteiger partial charge on any atom is 0.261 e. The van der Waals surface area contributed by atoms with E-state index in [0.717, 1.165) is 28.2 Å². The fraction of sp³-hybridized carbons (Fsp3) is 0.250. The van der Waals surface area contributed by atoms with E-state index >= 15 is 0 Å². The van der Waals surface area contributed by atoms with E-state index in [4.69, 9.17) is 9.47 Å². The summed E-state index contributed by atoms with van der Waals surface area (Å²) in [5, 5.41) is 0. The predicted octanol–water partition coefficient (Wildman–Crippen LogP) is 7.65. The van der Waals surface area contributed by atoms with Gasteiger partial charge in [-0.25, -0.2) is 0 Å². The molecule has 0 saturated carbocycles. The van der Waals surface area contributed by atoms with Crippen LogP contribution in [0.2, 0.25) is 0 Å². The summed E-state index contributed by atoms with van der Waals surface area (Å²) in [6.07, 6.45) is 0. The summed E-state index contributed by atoms with van der Waals surface area (Å²) >= 11 is 0. The zero-order valence-corrected chi connectivity index (χ0v) is 27.5. The third kappa shape index (κ3) is 6.37. The van der Waals surface area contributed by atoms with Gasteiger partial charge in [0, 0.05) is 43.4 Å². The molecule has 0 spiro atoms. The Morgan fingerprint density at radius 3 is 1.32 bits per heavy atom. The number of ether oxygens (including phenoxy) is 2. The number of carbonyl (C=O) groups excluding carboxylic acids is 2. The van der Waals surface area contributed by atoms with Crippen molar-refractivity contribution in [2.24, 2.45) is 0 Å². The molecule has 0 fully saturated rings. The van der Waals surface area contributed by atoms with Gasteiger partial charge in [-0.2, -0.15) is 0 Å². The summed E-state index contributed by atoms with van der Waals surface area (Å²) in [7, 11) is 0. The van der Waals surface area contributed by atoms with Crippen LogP contribution in [0.5, 0.6) is 0 Å². The van der Waals surface area contributed by atoms with Crippen molar-refractivity contribution in [3.05, 3.63) is 137 Å². The first-order valence-electron chi connectivity index (χ1n) is 16.3. The van der Waals surface area contributed by atoms with Gasteiger partial charge in [0.15, 0.2) is 0 Å². The van der Waals surface area contributed by atoms with E-state index in [9.17, 15) is 9.59 Å². The number of nitrogens with zero attached hydrogens (tertiary/aromatic N) is 3. The standard InChI is InChI=1S/C40H41N3O4/c1-5-46-26-24-41-37(30-10-8-7-9-11-30)35-36(40(41)45)38(42(39(35)44)25-27-47-6-2)31-16-22-34(23-17-31)43(32-18-12-28(3)13-19-32)33-20-14-29(4)15-21-33/h7-23H,5-6,24-27H2,1-4H3. The molecule has 0 bridgehead atoms. The second kappa shape index (κ2) is 14.2. The molecule has 6 rings (SSSR count). The first-order valence-corrected chi connectivity index (χ1v) is 16.3. The number of amides is 2. The molecule has 2 aliphatic heterocycles. The van der Waals surface area contributed by atoms with Gasteiger partial charge in [-0.05, 0) is 75.2 Å². The first-order chi connectivity index (χ1) is 22.9. The molecule has 0 atom stereocenters. The third-order valence-corrected chi connectivity index (χ3v) is 8.54. The van der Waals surface area contributed by atoms with Crippen LogP contribution in [0.4, 0.5) is 17.1 Å². The van der Waals surface area contributed by atoms with Crippen molar-refractivity contribution < 1.29 is 19.1 Å². The number of hydrogen-bond acceptors (Lipinski definition) is 5. The van der Waals surface area contributed by atoms with Gasteiger partial charge in [0.25, 0.3) is 11.8 Å². The van der Waals surface area contributed by atoms with Crippen LogP contribution in [0.25, 0.3) is 11.4 Å². The summed E-state index contributed by atoms with van der Waals surface area (Å²) < 4.78 is 11.3. The molecule has 0 radical (unpaired) electrons. The number of rotatable bonds is 13. The number of fused-ring (bicyclic) bond motifs is 1. The molecule has 0 N–H and O–H groups in total. The Balaban J connectivity index is 1.47. The summed E-state index contributed by atoms with van der Waals surface area (Å²) in [5.74, 6) is -0.378. The van der Waals surface area contributed by atoms with Gasteiger partial charge < -0.3 is 24.2 Å². The second-order valence-electron chi connectivity index (χ2n) is 11.7. The van der Waals surface area contributed by atoms with Crippen molar-refractivity contribution in [2.45, 2.75) is 27.7 Å². The Morgan fingerprint density at radius 2 is 0.915 bits per heavy atom. The van der Waals surface area contributed by atoms with E-state index in [2.05, 4.69) is 79.4 Å². The normalized spacial score (nSPS) is 14.5. The van der Waals surface area contributed by atoms with E-state index in [1.807, 2.05) is 56.3 Å². The van der Waals surface area contributed by atoms with E-state index in [1.165, 1.54) is 11.1 Å². The highest BCUT2D eigenvalue weighted by atomic mass is 16.5. The molecule has 4 aromatic carbocycles. The minimum Gasteiger partial charge on any atom is -0.380 e. The molecule has 4 aromatic rings. The van der Waals surface area contributed by atoms with Crippen molar-refractivity contribution in [2.75, 3.05) is 44.4 Å². The lowest BCUT2D eigenvalue weighted by Gasteiger charge is -2.27. The minimum absolute atomic E-state index is 0.189. The number of anilines is 3. The molecular formula is C40H41N3O4. The molecule has 240 valence electrons. The quantitative estimate of drug-likeness (QED) is 0.143. The first kappa shape index (κ1) is 32.0. The monoisotopic (exact) mass is 627 g/mol. The van der Waals surface area contributed by atoms with Crippen molar-refractivity contribution in [1.82, 2.24) is 9.80 Å². The summed E-state index contributed by atoms with van der Waals surface area (Å²) in [4.78, 5) is 34.3. The molecular weight excluding hydrogens is 586 g/mol. The molecule has 2 aliphatic rings. The lowest BCUT2D eigenvalue weighted by atomic mass is 10.0. The van der Waals surface area contributed by atoms with E-state index in [-0.39, 0.29) is 11.8 Å². The van der Waals surface area contributed by atoms with E-state index in [0.29, 0.717) is 62.1 Å². The maximum absolute atomic E-state index is 14.3. The lowest BCUT2D eigenvalue weighted by Crippen LogP contribution is -2.33. The van der Waals surface area contributed by atoms with Crippen LogP contribution in [-0.4, -0.2) is 61.1 Å². The van der Waals surface area contributed by atoms with Crippen LogP contribution in [-0.2, 0) is 19.1 Å². The second-order valence-corrected chi connectivity index (χ2v) is 11.7. The minimum atomic E-state index is -0.189. The maximum atomic E-state index is 14.3. The van der Waals surface area contributed by atoms with Gasteiger partial charge >= 0.3 is 0 Å². The van der Waals surface area contributed by atoms with Crippen LogP contribution in [0.1, 0.15) is 36.1 Å². The van der Waals surface area contributed by atoms with Gasteiger partial charge in [-0.15, -0.1) is 0 Å². The van der Waals surface area contributed by atoms with Crippen molar-refractivity contribution in [3.63, 3.8) is 0 Å². The highest BCUT2D eigenvalue weighted by molar-refractivity contribution is 6.30. The number of hydrogen-bond donors (Lipinski definition) is 0. The van der Waals surface area contributed by atoms with Gasteiger partial charge in [-0.1, -0.05) is 77.9 Å². The lowest BCUT2D eigenvalue weighted by molar-refractivity contribution is -0.124. The zero-order valence-electron chi connectivity index (χ0n) is 27.5. The Bertz CT molecular complexity index is 1750. The molecule has 7 heteroatoms. The summed E-state index contributed by atoms with van der Waals surface area (Å²) in [6.45, 7) is 10.5. The SMILES string of the molecule is CCOCCN1C(=O)C2=C(c3ccc(N(c4ccc(C)cc4)c4ccc(C)cc4)cc3)N(CCOCC)C(=O)C2=C1c1ccccc1. The Morgan fingerprint density at radius 1 is 0.532 bits per heavy atom. The van der Waals surface area contributed by atoms with Crippen LogP contribution < -0.4 is 4.90 Å². The van der Waals surface area contributed by atoms with Gasteiger partial charge in [-0.3, -0.25) is 9.59 Å². The van der Waals surface area contributed by atoms with Crippen LogP contribution >= 0.6 is 0 Å². The third-order valence-electron chi connectivity index (χ3n) is 8.54. The highest BCUT2D eigenvalue weighted by Gasteiger charge is 2.48. The van der Waals surface area contributed by atoms with Crippen LogP contribution in [0, 0.1) is 13.8 Å². The molecule has 47 heavy (non-hydrogen) atoms. The molecule has 0 unspecified atom stereocenters. The molecule has 0 aromatic heterocycles. The molecule has 2 amide bonds. The fourth-order valence-corrected chi connectivity index (χ4v) is 6.22. The molecule has 0 aliphatic carbocycles. The van der Waals surface area contributed by atoms with Crippen molar-refractivity contribution in [1.29, 1.82) is 0 Å². The Labute approximate surface area is 277 Å². The zero-order chi connectivity index (χ0) is 32.9. The van der Waals surface area contributed by atoms with E-state index < -0.39 is 0 Å². The smallest absolute Gasteiger partial charge is 0.261 e. The Kier molecular flexibility index (Phi) is 9.66. The van der Waals surface area contributed by atoms with Crippen LogP contribution in [0.15, 0.2) is 114 Å². The van der Waals surface area contributed by atoms with Crippen molar-refractivity contribution >= 4 is 40.3 Å². The molecule has 7 nitrogen and oxygen atoms in total. The molecule has 0 saturated heterocycles.